The molecule has 20 heavy (non-hydrogen) atoms. The molecule has 0 atom stereocenters. The molecule has 5 heteroatoms. The fourth-order valence-electron chi connectivity index (χ4n) is 2.94. The number of rotatable bonds is 4. The van der Waals surface area contributed by atoms with Crippen LogP contribution in [0.25, 0.3) is 11.2 Å². The van der Waals surface area contributed by atoms with E-state index < -0.39 is 5.41 Å². The number of carbonyl (C=O) groups is 1. The van der Waals surface area contributed by atoms with E-state index in [1.807, 2.05) is 23.6 Å². The smallest absolute Gasteiger partial charge is 0.319 e. The molecule has 5 nitrogen and oxygen atoms in total. The summed E-state index contributed by atoms with van der Waals surface area (Å²) in [7, 11) is 0. The number of carbonyl (C=O) groups excluding carboxylic acids is 1. The van der Waals surface area contributed by atoms with Crippen molar-refractivity contribution in [2.45, 2.75) is 45.1 Å². The van der Waals surface area contributed by atoms with Crippen molar-refractivity contribution < 1.29 is 9.53 Å². The second-order valence-corrected chi connectivity index (χ2v) is 5.18. The third kappa shape index (κ3) is 1.72. The van der Waals surface area contributed by atoms with Crippen molar-refractivity contribution >= 4 is 17.1 Å². The number of aromatic nitrogens is 3. The highest BCUT2D eigenvalue weighted by atomic mass is 16.5. The monoisotopic (exact) mass is 273 g/mol. The van der Waals surface area contributed by atoms with Crippen molar-refractivity contribution in [3.05, 3.63) is 24.2 Å². The first-order valence-corrected chi connectivity index (χ1v) is 7.22. The Hall–Kier alpha value is -1.91. The third-order valence-electron chi connectivity index (χ3n) is 4.12. The van der Waals surface area contributed by atoms with Gasteiger partial charge >= 0.3 is 5.97 Å². The van der Waals surface area contributed by atoms with Crippen LogP contribution in [0.3, 0.4) is 0 Å². The number of hydrogen-bond donors (Lipinski definition) is 0. The molecule has 0 radical (unpaired) electrons. The van der Waals surface area contributed by atoms with Crippen LogP contribution in [0.1, 0.15) is 38.9 Å². The second kappa shape index (κ2) is 4.89. The van der Waals surface area contributed by atoms with E-state index in [1.54, 1.807) is 6.20 Å². The van der Waals surface area contributed by atoms with Gasteiger partial charge in [-0.05, 0) is 38.8 Å². The van der Waals surface area contributed by atoms with Crippen LogP contribution in [0.5, 0.6) is 0 Å². The van der Waals surface area contributed by atoms with Crippen molar-refractivity contribution in [1.82, 2.24) is 14.5 Å². The molecule has 1 aliphatic rings. The Morgan fingerprint density at radius 1 is 1.45 bits per heavy atom. The number of esters is 1. The lowest BCUT2D eigenvalue weighted by atomic mass is 9.68. The fourth-order valence-corrected chi connectivity index (χ4v) is 2.94. The van der Waals surface area contributed by atoms with Gasteiger partial charge in [0.25, 0.3) is 0 Å². The first-order chi connectivity index (χ1) is 9.73. The summed E-state index contributed by atoms with van der Waals surface area (Å²) in [6, 6.07) is 3.81. The summed E-state index contributed by atoms with van der Waals surface area (Å²) in [6.07, 6.45) is 4.43. The van der Waals surface area contributed by atoms with Crippen LogP contribution in [0, 0.1) is 0 Å². The van der Waals surface area contributed by atoms with Crippen molar-refractivity contribution in [2.75, 3.05) is 6.61 Å². The summed E-state index contributed by atoms with van der Waals surface area (Å²) in [6.45, 7) is 5.06. The molecule has 0 aromatic carbocycles. The van der Waals surface area contributed by atoms with Crippen LogP contribution in [-0.4, -0.2) is 27.1 Å². The van der Waals surface area contributed by atoms with Crippen molar-refractivity contribution in [2.24, 2.45) is 0 Å². The molecule has 0 N–H and O–H groups in total. The number of pyridine rings is 1. The van der Waals surface area contributed by atoms with Crippen LogP contribution < -0.4 is 0 Å². The summed E-state index contributed by atoms with van der Waals surface area (Å²) in [5.41, 5.74) is 1.13. The molecule has 0 unspecified atom stereocenters. The summed E-state index contributed by atoms with van der Waals surface area (Å²) in [5, 5.41) is 0. The highest BCUT2D eigenvalue weighted by Crippen LogP contribution is 2.45. The molecule has 2 aromatic rings. The third-order valence-corrected chi connectivity index (χ3v) is 4.12. The van der Waals surface area contributed by atoms with Gasteiger partial charge < -0.3 is 9.30 Å². The molecule has 1 aliphatic carbocycles. The van der Waals surface area contributed by atoms with Crippen LogP contribution in [0.15, 0.2) is 18.3 Å². The van der Waals surface area contributed by atoms with E-state index in [-0.39, 0.29) is 5.97 Å². The standard InChI is InChI=1S/C15H19N3O2/c1-3-18-12-11(7-5-10-16-12)17-13(18)15(8-6-9-15)14(19)20-4-2/h5,7,10H,3-4,6,8-9H2,1-2H3. The number of imidazole rings is 1. The van der Waals surface area contributed by atoms with Gasteiger partial charge in [-0.15, -0.1) is 0 Å². The molecule has 3 rings (SSSR count). The van der Waals surface area contributed by atoms with Gasteiger partial charge in [0.15, 0.2) is 5.65 Å². The van der Waals surface area contributed by atoms with E-state index in [0.29, 0.717) is 6.61 Å². The molecule has 106 valence electrons. The van der Waals surface area contributed by atoms with Gasteiger partial charge in [-0.1, -0.05) is 6.42 Å². The van der Waals surface area contributed by atoms with E-state index in [2.05, 4.69) is 16.9 Å². The van der Waals surface area contributed by atoms with Crippen LogP contribution in [0.2, 0.25) is 0 Å². The van der Waals surface area contributed by atoms with E-state index in [9.17, 15) is 4.79 Å². The first-order valence-electron chi connectivity index (χ1n) is 7.22. The maximum Gasteiger partial charge on any atom is 0.319 e. The average molecular weight is 273 g/mol. The predicted molar refractivity (Wildman–Crippen MR) is 75.4 cm³/mol. The summed E-state index contributed by atoms with van der Waals surface area (Å²) in [5.74, 6) is 0.676. The number of fused-ring (bicyclic) bond motifs is 1. The van der Waals surface area contributed by atoms with E-state index in [0.717, 1.165) is 42.8 Å². The molecule has 1 saturated carbocycles. The summed E-state index contributed by atoms with van der Waals surface area (Å²) in [4.78, 5) is 21.5. The van der Waals surface area contributed by atoms with Crippen LogP contribution >= 0.6 is 0 Å². The number of ether oxygens (including phenoxy) is 1. The normalized spacial score (nSPS) is 16.9. The molecule has 2 aromatic heterocycles. The molecule has 0 aliphatic heterocycles. The highest BCUT2D eigenvalue weighted by molar-refractivity contribution is 5.85. The van der Waals surface area contributed by atoms with Crippen LogP contribution in [-0.2, 0) is 21.5 Å². The summed E-state index contributed by atoms with van der Waals surface area (Å²) < 4.78 is 7.33. The van der Waals surface area contributed by atoms with Gasteiger partial charge in [0, 0.05) is 12.7 Å². The van der Waals surface area contributed by atoms with Gasteiger partial charge in [0.2, 0.25) is 0 Å². The zero-order valence-electron chi connectivity index (χ0n) is 11.9. The minimum atomic E-state index is -0.563. The minimum Gasteiger partial charge on any atom is -0.465 e. The Balaban J connectivity index is 2.14. The molecule has 0 amide bonds. The lowest BCUT2D eigenvalue weighted by Gasteiger charge is -2.38. The fraction of sp³-hybridized carbons (Fsp3) is 0.533. The Bertz CT molecular complexity index is 644. The Labute approximate surface area is 118 Å². The second-order valence-electron chi connectivity index (χ2n) is 5.18. The molecular formula is C15H19N3O2. The van der Waals surface area contributed by atoms with Crippen LogP contribution in [0.4, 0.5) is 0 Å². The lowest BCUT2D eigenvalue weighted by Crippen LogP contribution is -2.45. The largest absolute Gasteiger partial charge is 0.465 e. The Morgan fingerprint density at radius 3 is 2.85 bits per heavy atom. The van der Waals surface area contributed by atoms with Crippen molar-refractivity contribution in [1.29, 1.82) is 0 Å². The molecular weight excluding hydrogens is 254 g/mol. The zero-order chi connectivity index (χ0) is 14.2. The average Bonchev–Trinajstić information content (AvgIpc) is 2.76. The van der Waals surface area contributed by atoms with E-state index >= 15 is 0 Å². The van der Waals surface area contributed by atoms with Gasteiger partial charge in [0.05, 0.1) is 6.61 Å². The van der Waals surface area contributed by atoms with Gasteiger partial charge in [-0.25, -0.2) is 9.97 Å². The van der Waals surface area contributed by atoms with Gasteiger partial charge in [-0.2, -0.15) is 0 Å². The molecule has 0 bridgehead atoms. The Kier molecular flexibility index (Phi) is 3.20. The SMILES string of the molecule is CCOC(=O)C1(c2nc3cccnc3n2CC)CCC1. The molecule has 1 fully saturated rings. The topological polar surface area (TPSA) is 57.0 Å². The lowest BCUT2D eigenvalue weighted by molar-refractivity contribution is -0.154. The highest BCUT2D eigenvalue weighted by Gasteiger charge is 2.50. The first kappa shape index (κ1) is 13.1. The molecule has 0 saturated heterocycles. The maximum atomic E-state index is 12.4. The minimum absolute atomic E-state index is 0.142. The van der Waals surface area contributed by atoms with E-state index in [1.165, 1.54) is 0 Å². The zero-order valence-corrected chi connectivity index (χ0v) is 11.9. The predicted octanol–water partition coefficient (Wildman–Crippen LogP) is 2.44. The Morgan fingerprint density at radius 2 is 2.25 bits per heavy atom. The number of nitrogens with zero attached hydrogens (tertiary/aromatic N) is 3. The molecule has 0 spiro atoms. The van der Waals surface area contributed by atoms with Crippen molar-refractivity contribution in [3.63, 3.8) is 0 Å². The quantitative estimate of drug-likeness (QED) is 0.803. The van der Waals surface area contributed by atoms with Gasteiger partial charge in [0.1, 0.15) is 16.8 Å². The van der Waals surface area contributed by atoms with E-state index in [4.69, 9.17) is 4.74 Å². The number of hydrogen-bond acceptors (Lipinski definition) is 4. The van der Waals surface area contributed by atoms with Gasteiger partial charge in [-0.3, -0.25) is 4.79 Å². The summed E-state index contributed by atoms with van der Waals surface area (Å²) >= 11 is 0. The van der Waals surface area contributed by atoms with Crippen molar-refractivity contribution in [3.8, 4) is 0 Å². The molecule has 2 heterocycles. The maximum absolute atomic E-state index is 12.4. The number of aryl methyl sites for hydroxylation is 1.